The standard InChI is InChI=1S/C12H17NO2/c1-12(5-7-13-8-6-12)15-11-4-2-3-10(14)9-11/h2-4,9,13-14H,5-8H2,1H3. The van der Waals surface area contributed by atoms with Crippen molar-refractivity contribution in [1.29, 1.82) is 0 Å². The van der Waals surface area contributed by atoms with Crippen LogP contribution in [0.4, 0.5) is 0 Å². The van der Waals surface area contributed by atoms with Gasteiger partial charge in [-0.3, -0.25) is 0 Å². The normalized spacial score (nSPS) is 19.8. The summed E-state index contributed by atoms with van der Waals surface area (Å²) in [5.74, 6) is 1.00. The number of phenolic OH excluding ortho intramolecular Hbond substituents is 1. The van der Waals surface area contributed by atoms with E-state index in [0.717, 1.165) is 31.7 Å². The van der Waals surface area contributed by atoms with E-state index in [9.17, 15) is 5.11 Å². The lowest BCUT2D eigenvalue weighted by molar-refractivity contribution is 0.0554. The summed E-state index contributed by atoms with van der Waals surface area (Å²) in [6.07, 6.45) is 2.01. The van der Waals surface area contributed by atoms with Gasteiger partial charge in [-0.1, -0.05) is 6.07 Å². The van der Waals surface area contributed by atoms with Crippen molar-refractivity contribution in [2.24, 2.45) is 0 Å². The molecule has 1 saturated heterocycles. The Morgan fingerprint density at radius 1 is 1.33 bits per heavy atom. The molecule has 0 aromatic heterocycles. The lowest BCUT2D eigenvalue weighted by Crippen LogP contribution is -2.43. The molecule has 1 aliphatic rings. The van der Waals surface area contributed by atoms with Crippen molar-refractivity contribution in [3.8, 4) is 11.5 Å². The van der Waals surface area contributed by atoms with Gasteiger partial charge in [-0.15, -0.1) is 0 Å². The van der Waals surface area contributed by atoms with Crippen molar-refractivity contribution in [2.75, 3.05) is 13.1 Å². The molecule has 1 aliphatic heterocycles. The maximum absolute atomic E-state index is 9.33. The summed E-state index contributed by atoms with van der Waals surface area (Å²) in [4.78, 5) is 0. The minimum Gasteiger partial charge on any atom is -0.508 e. The van der Waals surface area contributed by atoms with Crippen LogP contribution in [0.15, 0.2) is 24.3 Å². The lowest BCUT2D eigenvalue weighted by atomic mass is 9.94. The summed E-state index contributed by atoms with van der Waals surface area (Å²) >= 11 is 0. The van der Waals surface area contributed by atoms with Crippen molar-refractivity contribution in [3.05, 3.63) is 24.3 Å². The van der Waals surface area contributed by atoms with Gasteiger partial charge < -0.3 is 15.2 Å². The van der Waals surface area contributed by atoms with E-state index in [0.29, 0.717) is 0 Å². The maximum Gasteiger partial charge on any atom is 0.123 e. The molecule has 1 aromatic carbocycles. The number of phenols is 1. The summed E-state index contributed by atoms with van der Waals surface area (Å²) in [7, 11) is 0. The monoisotopic (exact) mass is 207 g/mol. The van der Waals surface area contributed by atoms with Crippen molar-refractivity contribution in [3.63, 3.8) is 0 Å². The van der Waals surface area contributed by atoms with E-state index in [-0.39, 0.29) is 11.4 Å². The number of aromatic hydroxyl groups is 1. The zero-order chi connectivity index (χ0) is 10.7. The molecule has 82 valence electrons. The molecule has 1 fully saturated rings. The van der Waals surface area contributed by atoms with Crippen LogP contribution in [0.2, 0.25) is 0 Å². The van der Waals surface area contributed by atoms with Crippen LogP contribution in [0.5, 0.6) is 11.5 Å². The molecule has 0 spiro atoms. The van der Waals surface area contributed by atoms with Gasteiger partial charge in [0.1, 0.15) is 17.1 Å². The highest BCUT2D eigenvalue weighted by Crippen LogP contribution is 2.27. The maximum atomic E-state index is 9.33. The molecule has 1 aromatic rings. The molecule has 0 radical (unpaired) electrons. The van der Waals surface area contributed by atoms with Crippen LogP contribution >= 0.6 is 0 Å². The highest BCUT2D eigenvalue weighted by Gasteiger charge is 2.28. The molecule has 3 nitrogen and oxygen atoms in total. The molecular formula is C12H17NO2. The van der Waals surface area contributed by atoms with Crippen LogP contribution in [0.1, 0.15) is 19.8 Å². The zero-order valence-electron chi connectivity index (χ0n) is 8.99. The Hall–Kier alpha value is -1.22. The first-order valence-corrected chi connectivity index (χ1v) is 5.37. The molecule has 15 heavy (non-hydrogen) atoms. The molecule has 0 bridgehead atoms. The van der Waals surface area contributed by atoms with Crippen LogP contribution in [0.3, 0.4) is 0 Å². The van der Waals surface area contributed by atoms with Gasteiger partial charge in [0.15, 0.2) is 0 Å². The Balaban J connectivity index is 2.06. The number of ether oxygens (including phenoxy) is 1. The average Bonchev–Trinajstić information content (AvgIpc) is 2.18. The Morgan fingerprint density at radius 2 is 2.07 bits per heavy atom. The fraction of sp³-hybridized carbons (Fsp3) is 0.500. The Morgan fingerprint density at radius 3 is 2.73 bits per heavy atom. The molecule has 2 N–H and O–H groups in total. The topological polar surface area (TPSA) is 41.5 Å². The fourth-order valence-electron chi connectivity index (χ4n) is 1.89. The second kappa shape index (κ2) is 4.11. The first-order chi connectivity index (χ1) is 7.18. The van der Waals surface area contributed by atoms with E-state index in [1.54, 1.807) is 18.2 Å². The van der Waals surface area contributed by atoms with Gasteiger partial charge in [-0.2, -0.15) is 0 Å². The SMILES string of the molecule is CC1(Oc2cccc(O)c2)CCNCC1. The van der Waals surface area contributed by atoms with Gasteiger partial charge in [-0.25, -0.2) is 0 Å². The number of benzene rings is 1. The van der Waals surface area contributed by atoms with E-state index >= 15 is 0 Å². The third-order valence-corrected chi connectivity index (χ3v) is 2.84. The molecule has 0 aliphatic carbocycles. The molecular weight excluding hydrogens is 190 g/mol. The van der Waals surface area contributed by atoms with Gasteiger partial charge in [0.25, 0.3) is 0 Å². The van der Waals surface area contributed by atoms with Crippen molar-refractivity contribution >= 4 is 0 Å². The highest BCUT2D eigenvalue weighted by atomic mass is 16.5. The van der Waals surface area contributed by atoms with Gasteiger partial charge in [0, 0.05) is 6.07 Å². The van der Waals surface area contributed by atoms with E-state index in [2.05, 4.69) is 12.2 Å². The summed E-state index contributed by atoms with van der Waals surface area (Å²) < 4.78 is 5.92. The molecule has 3 heteroatoms. The van der Waals surface area contributed by atoms with Gasteiger partial charge in [0.2, 0.25) is 0 Å². The van der Waals surface area contributed by atoms with Crippen LogP contribution in [-0.2, 0) is 0 Å². The first kappa shape index (κ1) is 10.3. The predicted molar refractivity (Wildman–Crippen MR) is 59.2 cm³/mol. The number of rotatable bonds is 2. The number of piperidine rings is 1. The molecule has 2 rings (SSSR count). The average molecular weight is 207 g/mol. The quantitative estimate of drug-likeness (QED) is 0.778. The third kappa shape index (κ3) is 2.63. The molecule has 1 heterocycles. The molecule has 0 saturated carbocycles. The zero-order valence-corrected chi connectivity index (χ0v) is 8.99. The summed E-state index contributed by atoms with van der Waals surface area (Å²) in [5.41, 5.74) is -0.0982. The van der Waals surface area contributed by atoms with Crippen LogP contribution in [0, 0.1) is 0 Å². The van der Waals surface area contributed by atoms with E-state index < -0.39 is 0 Å². The number of hydrogen-bond donors (Lipinski definition) is 2. The largest absolute Gasteiger partial charge is 0.508 e. The summed E-state index contributed by atoms with van der Waals surface area (Å²) in [5, 5.41) is 12.6. The smallest absolute Gasteiger partial charge is 0.123 e. The van der Waals surface area contributed by atoms with Gasteiger partial charge in [0.05, 0.1) is 0 Å². The third-order valence-electron chi connectivity index (χ3n) is 2.84. The van der Waals surface area contributed by atoms with Crippen LogP contribution in [0.25, 0.3) is 0 Å². The molecule has 0 amide bonds. The van der Waals surface area contributed by atoms with Crippen LogP contribution < -0.4 is 10.1 Å². The Bertz CT molecular complexity index is 332. The highest BCUT2D eigenvalue weighted by molar-refractivity contribution is 5.32. The van der Waals surface area contributed by atoms with Crippen molar-refractivity contribution < 1.29 is 9.84 Å². The van der Waals surface area contributed by atoms with E-state index in [4.69, 9.17) is 4.74 Å². The second-order valence-corrected chi connectivity index (χ2v) is 4.30. The number of hydrogen-bond acceptors (Lipinski definition) is 3. The Labute approximate surface area is 90.1 Å². The summed E-state index contributed by atoms with van der Waals surface area (Å²) in [6, 6.07) is 6.99. The van der Waals surface area contributed by atoms with E-state index in [1.807, 2.05) is 6.07 Å². The first-order valence-electron chi connectivity index (χ1n) is 5.37. The van der Waals surface area contributed by atoms with Crippen molar-refractivity contribution in [2.45, 2.75) is 25.4 Å². The fourth-order valence-corrected chi connectivity index (χ4v) is 1.89. The minimum absolute atomic E-state index is 0.0982. The van der Waals surface area contributed by atoms with Gasteiger partial charge >= 0.3 is 0 Å². The lowest BCUT2D eigenvalue weighted by Gasteiger charge is -2.34. The second-order valence-electron chi connectivity index (χ2n) is 4.30. The molecule has 0 atom stereocenters. The Kier molecular flexibility index (Phi) is 2.82. The van der Waals surface area contributed by atoms with E-state index in [1.165, 1.54) is 0 Å². The summed E-state index contributed by atoms with van der Waals surface area (Å²) in [6.45, 7) is 4.11. The minimum atomic E-state index is -0.0982. The van der Waals surface area contributed by atoms with Crippen LogP contribution in [-0.4, -0.2) is 23.8 Å². The molecule has 0 unspecified atom stereocenters. The van der Waals surface area contributed by atoms with Gasteiger partial charge in [-0.05, 0) is 45.0 Å². The van der Waals surface area contributed by atoms with Crippen molar-refractivity contribution in [1.82, 2.24) is 5.32 Å². The number of nitrogens with one attached hydrogen (secondary N) is 1. The predicted octanol–water partition coefficient (Wildman–Crippen LogP) is 1.91.